The first kappa shape index (κ1) is 19.9. The van der Waals surface area contributed by atoms with Gasteiger partial charge in [0.15, 0.2) is 22.7 Å². The number of hydrogen-bond donors (Lipinski definition) is 0. The second-order valence-corrected chi connectivity index (χ2v) is 7.55. The molecule has 0 unspecified atom stereocenters. The van der Waals surface area contributed by atoms with Gasteiger partial charge in [0.05, 0.1) is 32.3 Å². The van der Waals surface area contributed by atoms with Gasteiger partial charge in [-0.3, -0.25) is 13.9 Å². The summed E-state index contributed by atoms with van der Waals surface area (Å²) in [5, 5.41) is 2.77. The highest BCUT2D eigenvalue weighted by atomic mass is 32.1. The van der Waals surface area contributed by atoms with E-state index in [1.807, 2.05) is 30.5 Å². The van der Waals surface area contributed by atoms with Crippen molar-refractivity contribution in [3.05, 3.63) is 56.4 Å². The van der Waals surface area contributed by atoms with Crippen LogP contribution < -0.4 is 20.7 Å². The van der Waals surface area contributed by atoms with Crippen LogP contribution >= 0.6 is 11.3 Å². The average Bonchev–Trinajstić information content (AvgIpc) is 3.39. The fourth-order valence-electron chi connectivity index (χ4n) is 3.28. The number of hydrogen-bond acceptors (Lipinski definition) is 7. The van der Waals surface area contributed by atoms with E-state index in [1.165, 1.54) is 23.0 Å². The van der Waals surface area contributed by atoms with Gasteiger partial charge in [0.25, 0.3) is 5.56 Å². The Morgan fingerprint density at radius 2 is 1.93 bits per heavy atom. The van der Waals surface area contributed by atoms with E-state index >= 15 is 0 Å². The summed E-state index contributed by atoms with van der Waals surface area (Å²) in [6, 6.07) is 5.70. The molecule has 0 N–H and O–H groups in total. The first-order valence-corrected chi connectivity index (χ1v) is 10.2. The van der Waals surface area contributed by atoms with Crippen molar-refractivity contribution in [3.8, 4) is 22.1 Å². The van der Waals surface area contributed by atoms with E-state index in [4.69, 9.17) is 14.5 Å². The van der Waals surface area contributed by atoms with Crippen molar-refractivity contribution in [2.75, 3.05) is 13.7 Å². The predicted octanol–water partition coefficient (Wildman–Crippen LogP) is 2.01. The van der Waals surface area contributed by atoms with Gasteiger partial charge >= 0.3 is 5.69 Å². The van der Waals surface area contributed by atoms with Gasteiger partial charge in [0.1, 0.15) is 5.01 Å². The summed E-state index contributed by atoms with van der Waals surface area (Å²) in [6.07, 6.45) is 1.56. The fourth-order valence-corrected chi connectivity index (χ4v) is 4.09. The SMILES string of the molecule is CCOc1ccc(-c2nc(Cn3cnc4c3c(=O)n(C)c(=O)n4C)cs2)cc1OC. The number of benzene rings is 1. The van der Waals surface area contributed by atoms with E-state index in [9.17, 15) is 9.59 Å². The Kier molecular flexibility index (Phi) is 5.17. The fraction of sp³-hybridized carbons (Fsp3) is 0.300. The second-order valence-electron chi connectivity index (χ2n) is 6.69. The first-order valence-electron chi connectivity index (χ1n) is 9.31. The van der Waals surface area contributed by atoms with Crippen molar-refractivity contribution >= 4 is 22.5 Å². The molecule has 0 spiro atoms. The van der Waals surface area contributed by atoms with E-state index in [1.54, 1.807) is 25.1 Å². The lowest BCUT2D eigenvalue weighted by atomic mass is 10.2. The Labute approximate surface area is 175 Å². The summed E-state index contributed by atoms with van der Waals surface area (Å²) in [5.74, 6) is 1.34. The zero-order valence-corrected chi connectivity index (χ0v) is 17.9. The van der Waals surface area contributed by atoms with E-state index in [2.05, 4.69) is 4.98 Å². The van der Waals surface area contributed by atoms with Crippen LogP contribution in [0, 0.1) is 0 Å². The number of imidazole rings is 1. The summed E-state index contributed by atoms with van der Waals surface area (Å²) in [7, 11) is 4.66. The van der Waals surface area contributed by atoms with Crippen molar-refractivity contribution in [3.63, 3.8) is 0 Å². The molecule has 0 fully saturated rings. The Morgan fingerprint density at radius 1 is 1.13 bits per heavy atom. The van der Waals surface area contributed by atoms with Gasteiger partial charge in [-0.2, -0.15) is 0 Å². The summed E-state index contributed by atoms with van der Waals surface area (Å²) >= 11 is 1.50. The third-order valence-corrected chi connectivity index (χ3v) is 5.75. The maximum Gasteiger partial charge on any atom is 0.332 e. The smallest absolute Gasteiger partial charge is 0.332 e. The normalized spacial score (nSPS) is 11.2. The quantitative estimate of drug-likeness (QED) is 0.467. The standard InChI is InChI=1S/C20H21N5O4S/c1-5-29-14-7-6-12(8-15(14)28-4)18-22-13(10-30-18)9-25-11-21-17-16(25)19(26)24(3)20(27)23(17)2/h6-8,10-11H,5,9H2,1-4H3. The lowest BCUT2D eigenvalue weighted by Gasteiger charge is -2.10. The molecule has 10 heteroatoms. The molecule has 1 aromatic carbocycles. The van der Waals surface area contributed by atoms with Gasteiger partial charge < -0.3 is 14.0 Å². The maximum absolute atomic E-state index is 12.6. The minimum absolute atomic E-state index is 0.356. The van der Waals surface area contributed by atoms with Gasteiger partial charge in [-0.15, -0.1) is 11.3 Å². The molecule has 0 aliphatic carbocycles. The lowest BCUT2D eigenvalue weighted by molar-refractivity contribution is 0.311. The topological polar surface area (TPSA) is 93.2 Å². The van der Waals surface area contributed by atoms with E-state index in [-0.39, 0.29) is 5.56 Å². The van der Waals surface area contributed by atoms with Crippen molar-refractivity contribution in [1.82, 2.24) is 23.7 Å². The molecule has 4 aromatic rings. The molecule has 0 aliphatic rings. The Bertz CT molecular complexity index is 1350. The van der Waals surface area contributed by atoms with Gasteiger partial charge in [-0.05, 0) is 25.1 Å². The van der Waals surface area contributed by atoms with Crippen LogP contribution in [0.2, 0.25) is 0 Å². The van der Waals surface area contributed by atoms with Crippen molar-refractivity contribution in [2.24, 2.45) is 14.1 Å². The molecule has 0 saturated carbocycles. The zero-order chi connectivity index (χ0) is 21.4. The molecule has 3 heterocycles. The van der Waals surface area contributed by atoms with Gasteiger partial charge in [0, 0.05) is 25.0 Å². The van der Waals surface area contributed by atoms with Crippen LogP contribution in [0.5, 0.6) is 11.5 Å². The predicted molar refractivity (Wildman–Crippen MR) is 115 cm³/mol. The van der Waals surface area contributed by atoms with Crippen LogP contribution in [0.25, 0.3) is 21.7 Å². The monoisotopic (exact) mass is 427 g/mol. The van der Waals surface area contributed by atoms with Crippen LogP contribution in [-0.2, 0) is 20.6 Å². The highest BCUT2D eigenvalue weighted by Gasteiger charge is 2.16. The summed E-state index contributed by atoms with van der Waals surface area (Å²) < 4.78 is 15.2. The van der Waals surface area contributed by atoms with Gasteiger partial charge in [-0.25, -0.2) is 14.8 Å². The number of ether oxygens (including phenoxy) is 2. The molecule has 0 bridgehead atoms. The minimum atomic E-state index is -0.404. The molecule has 3 aromatic heterocycles. The highest BCUT2D eigenvalue weighted by Crippen LogP contribution is 2.34. The van der Waals surface area contributed by atoms with Crippen LogP contribution in [-0.4, -0.2) is 37.4 Å². The van der Waals surface area contributed by atoms with Crippen LogP contribution in [0.3, 0.4) is 0 Å². The molecule has 0 aliphatic heterocycles. The zero-order valence-electron chi connectivity index (χ0n) is 17.1. The highest BCUT2D eigenvalue weighted by molar-refractivity contribution is 7.13. The number of rotatable bonds is 6. The largest absolute Gasteiger partial charge is 0.493 e. The van der Waals surface area contributed by atoms with Crippen molar-refractivity contribution in [1.29, 1.82) is 0 Å². The molecule has 0 radical (unpaired) electrons. The molecular formula is C20H21N5O4S. The van der Waals surface area contributed by atoms with E-state index < -0.39 is 5.69 Å². The maximum atomic E-state index is 12.6. The molecule has 9 nitrogen and oxygen atoms in total. The molecule has 0 atom stereocenters. The number of fused-ring (bicyclic) bond motifs is 1. The molecular weight excluding hydrogens is 406 g/mol. The van der Waals surface area contributed by atoms with E-state index in [0.717, 1.165) is 20.8 Å². The first-order chi connectivity index (χ1) is 14.4. The summed E-state index contributed by atoms with van der Waals surface area (Å²) in [6.45, 7) is 2.85. The Hall–Kier alpha value is -3.40. The number of nitrogens with zero attached hydrogens (tertiary/aromatic N) is 5. The third-order valence-electron chi connectivity index (χ3n) is 4.81. The van der Waals surface area contributed by atoms with Crippen LogP contribution in [0.15, 0.2) is 39.5 Å². The number of methoxy groups -OCH3 is 1. The number of aromatic nitrogens is 5. The van der Waals surface area contributed by atoms with Crippen molar-refractivity contribution in [2.45, 2.75) is 13.5 Å². The Balaban J connectivity index is 1.68. The molecule has 156 valence electrons. The minimum Gasteiger partial charge on any atom is -0.493 e. The van der Waals surface area contributed by atoms with Crippen LogP contribution in [0.4, 0.5) is 0 Å². The Morgan fingerprint density at radius 3 is 2.67 bits per heavy atom. The van der Waals surface area contributed by atoms with E-state index in [0.29, 0.717) is 35.8 Å². The molecule has 0 amide bonds. The number of aryl methyl sites for hydroxylation is 1. The number of thiazole rings is 1. The third kappa shape index (κ3) is 3.28. The molecule has 0 saturated heterocycles. The van der Waals surface area contributed by atoms with Gasteiger partial charge in [0.2, 0.25) is 0 Å². The summed E-state index contributed by atoms with van der Waals surface area (Å²) in [5.41, 5.74) is 1.65. The van der Waals surface area contributed by atoms with Gasteiger partial charge in [-0.1, -0.05) is 0 Å². The molecule has 30 heavy (non-hydrogen) atoms. The summed E-state index contributed by atoms with van der Waals surface area (Å²) in [4.78, 5) is 33.6. The second kappa shape index (κ2) is 7.79. The van der Waals surface area contributed by atoms with Crippen LogP contribution in [0.1, 0.15) is 12.6 Å². The molecule has 4 rings (SSSR count). The van der Waals surface area contributed by atoms with Crippen molar-refractivity contribution < 1.29 is 9.47 Å². The lowest BCUT2D eigenvalue weighted by Crippen LogP contribution is -2.37. The average molecular weight is 427 g/mol.